The van der Waals surface area contributed by atoms with Crippen LogP contribution in [0.3, 0.4) is 0 Å². The van der Waals surface area contributed by atoms with Crippen LogP contribution in [0.4, 0.5) is 52.7 Å². The van der Waals surface area contributed by atoms with Gasteiger partial charge in [-0.15, -0.1) is 0 Å². The predicted molar refractivity (Wildman–Crippen MR) is 276 cm³/mol. The number of ether oxygens (including phenoxy) is 3. The molecule has 0 radical (unpaired) electrons. The van der Waals surface area contributed by atoms with Crippen molar-refractivity contribution in [2.24, 2.45) is 15.0 Å². The Morgan fingerprint density at radius 1 is 0.392 bits per heavy atom. The molecule has 9 nitrogen and oxygen atoms in total. The summed E-state index contributed by atoms with van der Waals surface area (Å²) < 4.78 is 218. The van der Waals surface area contributed by atoms with Gasteiger partial charge in [-0.1, -0.05) is 0 Å². The zero-order chi connectivity index (χ0) is 56.2. The molecule has 0 spiro atoms. The van der Waals surface area contributed by atoms with E-state index in [0.717, 1.165) is 0 Å². The first-order chi connectivity index (χ1) is 38.2. The molecule has 408 valence electrons. The fourth-order valence-corrected chi connectivity index (χ4v) is 17.6. The number of halogens is 12. The molecular formula is C57H45F12InN6O3. The molecule has 22 heteroatoms. The van der Waals surface area contributed by atoms with Crippen LogP contribution in [0.1, 0.15) is 93.1 Å². The van der Waals surface area contributed by atoms with Crippen LogP contribution in [0, 0.1) is 69.8 Å². The van der Waals surface area contributed by atoms with Crippen LogP contribution >= 0.6 is 0 Å². The third kappa shape index (κ3) is 10.3. The molecule has 6 heterocycles. The summed E-state index contributed by atoms with van der Waals surface area (Å²) in [7, 11) is 0. The van der Waals surface area contributed by atoms with Gasteiger partial charge in [0.2, 0.25) is 0 Å². The molecule has 0 saturated carbocycles. The maximum atomic E-state index is 16.9. The molecule has 0 bridgehead atoms. The van der Waals surface area contributed by atoms with Gasteiger partial charge in [-0.3, -0.25) is 0 Å². The molecule has 3 aromatic carbocycles. The molecule has 0 unspecified atom stereocenters. The van der Waals surface area contributed by atoms with Crippen LogP contribution in [0.5, 0.6) is 17.2 Å². The first kappa shape index (κ1) is 56.1. The molecule has 3 aliphatic heterocycles. The second-order valence-electron chi connectivity index (χ2n) is 17.9. The van der Waals surface area contributed by atoms with Crippen molar-refractivity contribution < 1.29 is 66.9 Å². The third-order valence-electron chi connectivity index (χ3n) is 12.9. The number of hydrogen-bond acceptors (Lipinski definition) is 6. The van der Waals surface area contributed by atoms with Crippen molar-refractivity contribution in [2.45, 2.75) is 59.3 Å². The minimum atomic E-state index is -5.35. The molecule has 0 aliphatic carbocycles. The van der Waals surface area contributed by atoms with Crippen LogP contribution in [0.15, 0.2) is 124 Å². The minimum absolute atomic E-state index is 0.234. The number of aromatic nitrogens is 3. The molecule has 3 aromatic heterocycles. The Labute approximate surface area is 453 Å². The first-order valence-corrected chi connectivity index (χ1v) is 29.4. The van der Waals surface area contributed by atoms with Crippen molar-refractivity contribution in [3.8, 4) is 17.2 Å². The van der Waals surface area contributed by atoms with Crippen molar-refractivity contribution in [3.05, 3.63) is 212 Å². The van der Waals surface area contributed by atoms with E-state index in [-0.39, 0.29) is 73.3 Å². The monoisotopic (exact) mass is 1200 g/mol. The molecule has 79 heavy (non-hydrogen) atoms. The van der Waals surface area contributed by atoms with E-state index in [1.165, 1.54) is 118 Å². The van der Waals surface area contributed by atoms with Gasteiger partial charge in [0.05, 0.1) is 0 Å². The van der Waals surface area contributed by atoms with E-state index >= 15 is 52.7 Å². The fraction of sp³-hybridized carbons (Fsp3) is 0.211. The number of unbranched alkanes of at least 4 members (excludes halogenated alkanes) is 3. The van der Waals surface area contributed by atoms with E-state index in [1.807, 2.05) is 0 Å². The van der Waals surface area contributed by atoms with Gasteiger partial charge >= 0.3 is 456 Å². The second kappa shape index (κ2) is 24.2. The zero-order valence-electron chi connectivity index (χ0n) is 42.3. The molecule has 3 aliphatic rings. The quantitative estimate of drug-likeness (QED) is 0.0409. The standard InChI is InChI=1S/3C19H15F4N2O.In/c3*1-2-3-10-26-19-17(22)15(20)14(16(21)18(19)23)13(11-6-4-8-24-11)12-7-5-9-25-12;/h3*4-9H,2-3,10H2,1H3;/q3*-1;+3/b3*13-11+;. The summed E-state index contributed by atoms with van der Waals surface area (Å²) in [6, 6.07) is 8.01. The van der Waals surface area contributed by atoms with Gasteiger partial charge in [0.25, 0.3) is 0 Å². The van der Waals surface area contributed by atoms with Gasteiger partial charge < -0.3 is 0 Å². The molecule has 0 fully saturated rings. The summed E-state index contributed by atoms with van der Waals surface area (Å²) in [6.45, 7) is 4.36. The summed E-state index contributed by atoms with van der Waals surface area (Å²) in [5.74, 6) is -26.6. The average Bonchev–Trinajstić information content (AvgIpc) is 4.48. The van der Waals surface area contributed by atoms with Crippen LogP contribution in [-0.4, -0.2) is 68.4 Å². The Morgan fingerprint density at radius 2 is 0.646 bits per heavy atom. The Hall–Kier alpha value is -7.62. The van der Waals surface area contributed by atoms with Gasteiger partial charge in [-0.25, -0.2) is 0 Å². The summed E-state index contributed by atoms with van der Waals surface area (Å²) in [4.78, 5) is 12.8. The van der Waals surface area contributed by atoms with Crippen LogP contribution in [-0.2, 0) is 0 Å². The van der Waals surface area contributed by atoms with Crippen molar-refractivity contribution >= 4 is 57.7 Å². The maximum absolute atomic E-state index is 16.9. The summed E-state index contributed by atoms with van der Waals surface area (Å²) in [6.07, 6.45) is 18.1. The molecule has 9 rings (SSSR count). The normalized spacial score (nSPS) is 15.4. The summed E-state index contributed by atoms with van der Waals surface area (Å²) >= 11 is -5.35. The molecule has 0 N–H and O–H groups in total. The van der Waals surface area contributed by atoms with Crippen molar-refractivity contribution in [1.82, 2.24) is 7.66 Å². The van der Waals surface area contributed by atoms with Crippen molar-refractivity contribution in [2.75, 3.05) is 19.8 Å². The van der Waals surface area contributed by atoms with E-state index < -0.39 is 143 Å². The summed E-state index contributed by atoms with van der Waals surface area (Å²) in [5, 5.41) is 0. The second-order valence-corrected chi connectivity index (χ2v) is 24.7. The molecule has 0 atom stereocenters. The summed E-state index contributed by atoms with van der Waals surface area (Å²) in [5.41, 5.74) is -6.86. The number of rotatable bonds is 21. The van der Waals surface area contributed by atoms with E-state index in [2.05, 4.69) is 15.0 Å². The molecular weight excluding hydrogens is 1160 g/mol. The van der Waals surface area contributed by atoms with E-state index in [0.29, 0.717) is 19.3 Å². The Bertz CT molecular complexity index is 3170. The van der Waals surface area contributed by atoms with Crippen LogP contribution in [0.25, 0.3) is 16.7 Å². The number of hydrogen-bond donors (Lipinski definition) is 0. The first-order valence-electron chi connectivity index (χ1n) is 25.0. The van der Waals surface area contributed by atoms with Gasteiger partial charge in [-0.2, -0.15) is 0 Å². The van der Waals surface area contributed by atoms with E-state index in [9.17, 15) is 0 Å². The van der Waals surface area contributed by atoms with Crippen LogP contribution < -0.4 is 14.2 Å². The zero-order valence-corrected chi connectivity index (χ0v) is 45.6. The van der Waals surface area contributed by atoms with Gasteiger partial charge in [-0.05, 0) is 0 Å². The third-order valence-corrected chi connectivity index (χ3v) is 21.0. The number of benzene rings is 3. The van der Waals surface area contributed by atoms with Crippen molar-refractivity contribution in [3.63, 3.8) is 0 Å². The average molecular weight is 1200 g/mol. The molecule has 6 aromatic rings. The molecule has 0 saturated heterocycles. The SMILES string of the molecule is CCCCOc1c(F)c(F)c(/C(=C2\C=CC=N2)c2ccc[n]2[In]([n]2cccc2/C(=C2/C=CC=N2)c2c(F)c(F)c(OCCCC)c(F)c2F)[n]2cccc2/C(=C2/C=CC=N2)c2c(F)c(F)c(OCCCC)c(F)c2F)c(F)c1F. The van der Waals surface area contributed by atoms with E-state index in [4.69, 9.17) is 14.2 Å². The Morgan fingerprint density at radius 3 is 0.861 bits per heavy atom. The van der Waals surface area contributed by atoms with E-state index in [1.54, 1.807) is 20.8 Å². The van der Waals surface area contributed by atoms with Crippen LogP contribution in [0.2, 0.25) is 0 Å². The Balaban J connectivity index is 1.36. The van der Waals surface area contributed by atoms with Gasteiger partial charge in [0, 0.05) is 0 Å². The van der Waals surface area contributed by atoms with Gasteiger partial charge in [0.15, 0.2) is 0 Å². The topological polar surface area (TPSA) is 79.6 Å². The molecule has 0 amide bonds. The number of aliphatic imine (C=N–C) groups is 3. The van der Waals surface area contributed by atoms with Gasteiger partial charge in [0.1, 0.15) is 0 Å². The Kier molecular flexibility index (Phi) is 17.2. The van der Waals surface area contributed by atoms with Crippen molar-refractivity contribution in [1.29, 1.82) is 0 Å². The number of allylic oxidation sites excluding steroid dienone is 6. The number of nitrogens with zero attached hydrogens (tertiary/aromatic N) is 6. The predicted octanol–water partition coefficient (Wildman–Crippen LogP) is 14.4. The fourth-order valence-electron chi connectivity index (χ4n) is 9.16.